The number of hydrogen-bond donors (Lipinski definition) is 1. The fourth-order valence-corrected chi connectivity index (χ4v) is 3.72. The predicted molar refractivity (Wildman–Crippen MR) is 121 cm³/mol. The highest BCUT2D eigenvalue weighted by Gasteiger charge is 2.32. The Kier molecular flexibility index (Phi) is 6.17. The molecular formula is C25H25N3O3. The molecule has 158 valence electrons. The molecule has 4 rings (SSSR count). The van der Waals surface area contributed by atoms with Crippen molar-refractivity contribution in [3.8, 4) is 5.75 Å². The van der Waals surface area contributed by atoms with Crippen LogP contribution in [0.15, 0.2) is 84.9 Å². The molecule has 1 aliphatic heterocycles. The van der Waals surface area contributed by atoms with E-state index in [1.807, 2.05) is 84.9 Å². The van der Waals surface area contributed by atoms with Gasteiger partial charge in [0.1, 0.15) is 5.75 Å². The van der Waals surface area contributed by atoms with Crippen molar-refractivity contribution in [1.29, 1.82) is 0 Å². The molecule has 3 aromatic rings. The second kappa shape index (κ2) is 9.34. The molecule has 3 amide bonds. The fraction of sp³-hybridized carbons (Fsp3) is 0.200. The summed E-state index contributed by atoms with van der Waals surface area (Å²) < 4.78 is 5.18. The Hall–Kier alpha value is -3.80. The molecule has 31 heavy (non-hydrogen) atoms. The molecule has 0 saturated carbocycles. The highest BCUT2D eigenvalue weighted by Crippen LogP contribution is 2.25. The van der Waals surface area contributed by atoms with E-state index in [-0.39, 0.29) is 24.4 Å². The summed E-state index contributed by atoms with van der Waals surface area (Å²) in [6.07, 6.45) is 0.270. The Labute approximate surface area is 182 Å². The third kappa shape index (κ3) is 4.86. The van der Waals surface area contributed by atoms with Crippen LogP contribution in [0.3, 0.4) is 0 Å². The summed E-state index contributed by atoms with van der Waals surface area (Å²) in [5, 5.41) is 3.05. The number of anilines is 2. The first-order chi connectivity index (χ1) is 15.1. The lowest BCUT2D eigenvalue weighted by Crippen LogP contribution is -2.45. The number of urea groups is 1. The molecule has 6 heteroatoms. The van der Waals surface area contributed by atoms with Gasteiger partial charge in [-0.2, -0.15) is 0 Å². The number of nitrogens with one attached hydrogen (secondary N) is 1. The highest BCUT2D eigenvalue weighted by atomic mass is 16.5. The van der Waals surface area contributed by atoms with Crippen molar-refractivity contribution < 1.29 is 14.3 Å². The van der Waals surface area contributed by atoms with Gasteiger partial charge < -0.3 is 15.0 Å². The van der Waals surface area contributed by atoms with Crippen molar-refractivity contribution in [3.63, 3.8) is 0 Å². The number of benzene rings is 3. The minimum atomic E-state index is -0.260. The van der Waals surface area contributed by atoms with Gasteiger partial charge in [-0.1, -0.05) is 48.5 Å². The van der Waals surface area contributed by atoms with Crippen LogP contribution in [0.25, 0.3) is 0 Å². The maximum Gasteiger partial charge on any atom is 0.322 e. The summed E-state index contributed by atoms with van der Waals surface area (Å²) in [7, 11) is 1.61. The van der Waals surface area contributed by atoms with Crippen molar-refractivity contribution in [2.75, 3.05) is 23.5 Å². The lowest BCUT2D eigenvalue weighted by Gasteiger charge is -2.25. The Balaban J connectivity index is 1.47. The third-order valence-electron chi connectivity index (χ3n) is 5.33. The quantitative estimate of drug-likeness (QED) is 0.656. The van der Waals surface area contributed by atoms with Crippen LogP contribution in [0.2, 0.25) is 0 Å². The van der Waals surface area contributed by atoms with Crippen LogP contribution < -0.4 is 19.9 Å². The Bertz CT molecular complexity index is 1020. The third-order valence-corrected chi connectivity index (χ3v) is 5.33. The zero-order valence-corrected chi connectivity index (χ0v) is 17.4. The van der Waals surface area contributed by atoms with Gasteiger partial charge in [0.15, 0.2) is 0 Å². The van der Waals surface area contributed by atoms with Gasteiger partial charge in [0, 0.05) is 24.3 Å². The first kappa shape index (κ1) is 20.5. The molecule has 0 radical (unpaired) electrons. The highest BCUT2D eigenvalue weighted by molar-refractivity contribution is 5.98. The zero-order valence-electron chi connectivity index (χ0n) is 17.4. The first-order valence-electron chi connectivity index (χ1n) is 10.3. The summed E-state index contributed by atoms with van der Waals surface area (Å²) in [5.41, 5.74) is 2.63. The van der Waals surface area contributed by atoms with E-state index in [9.17, 15) is 9.59 Å². The van der Waals surface area contributed by atoms with Gasteiger partial charge >= 0.3 is 6.03 Å². The minimum Gasteiger partial charge on any atom is -0.497 e. The molecule has 0 aliphatic carbocycles. The van der Waals surface area contributed by atoms with Crippen LogP contribution in [0.1, 0.15) is 12.0 Å². The Morgan fingerprint density at radius 2 is 1.65 bits per heavy atom. The van der Waals surface area contributed by atoms with E-state index in [0.29, 0.717) is 13.1 Å². The van der Waals surface area contributed by atoms with Crippen LogP contribution in [0, 0.1) is 0 Å². The number of carbonyl (C=O) groups excluding carboxylic acids is 2. The number of amides is 3. The predicted octanol–water partition coefficient (Wildman–Crippen LogP) is 4.22. The molecule has 1 N–H and O–H groups in total. The monoisotopic (exact) mass is 415 g/mol. The molecular weight excluding hydrogens is 390 g/mol. The van der Waals surface area contributed by atoms with Gasteiger partial charge in [0.2, 0.25) is 5.91 Å². The standard InChI is InChI=1S/C25H25N3O3/c1-31-23-14-12-22(13-15-23)27-18-20(16-24(27)29)26-25(30)28(21-10-6-3-7-11-21)17-19-8-4-2-5-9-19/h2-15,20H,16-18H2,1H3,(H,26,30)/t20-/m1/s1. The maximum absolute atomic E-state index is 13.2. The van der Waals surface area contributed by atoms with E-state index in [1.54, 1.807) is 16.9 Å². The molecule has 6 nitrogen and oxygen atoms in total. The molecule has 0 spiro atoms. The van der Waals surface area contributed by atoms with Crippen molar-refractivity contribution in [2.24, 2.45) is 0 Å². The van der Waals surface area contributed by atoms with Gasteiger partial charge in [0.25, 0.3) is 0 Å². The van der Waals surface area contributed by atoms with Crippen molar-refractivity contribution >= 4 is 23.3 Å². The number of methoxy groups -OCH3 is 1. The lowest BCUT2D eigenvalue weighted by atomic mass is 10.2. The molecule has 0 bridgehead atoms. The van der Waals surface area contributed by atoms with Gasteiger partial charge in [-0.25, -0.2) is 4.79 Å². The second-order valence-corrected chi connectivity index (χ2v) is 7.46. The number of ether oxygens (including phenoxy) is 1. The molecule has 1 aliphatic rings. The van der Waals surface area contributed by atoms with Crippen LogP contribution in [-0.2, 0) is 11.3 Å². The van der Waals surface area contributed by atoms with E-state index < -0.39 is 0 Å². The van der Waals surface area contributed by atoms with Crippen molar-refractivity contribution in [1.82, 2.24) is 5.32 Å². The Morgan fingerprint density at radius 1 is 1.00 bits per heavy atom. The first-order valence-corrected chi connectivity index (χ1v) is 10.3. The van der Waals surface area contributed by atoms with E-state index in [4.69, 9.17) is 4.74 Å². The van der Waals surface area contributed by atoms with Gasteiger partial charge in [0.05, 0.1) is 19.7 Å². The molecule has 0 aromatic heterocycles. The summed E-state index contributed by atoms with van der Waals surface area (Å²) in [5.74, 6) is 0.726. The number of rotatable bonds is 6. The number of nitrogens with zero attached hydrogens (tertiary/aromatic N) is 2. The van der Waals surface area contributed by atoms with Gasteiger partial charge in [-0.15, -0.1) is 0 Å². The topological polar surface area (TPSA) is 61.9 Å². The van der Waals surface area contributed by atoms with E-state index >= 15 is 0 Å². The molecule has 1 fully saturated rings. The van der Waals surface area contributed by atoms with Crippen molar-refractivity contribution in [3.05, 3.63) is 90.5 Å². The SMILES string of the molecule is COc1ccc(N2C[C@H](NC(=O)N(Cc3ccccc3)c3ccccc3)CC2=O)cc1. The molecule has 1 saturated heterocycles. The second-order valence-electron chi connectivity index (χ2n) is 7.46. The summed E-state index contributed by atoms with van der Waals surface area (Å²) >= 11 is 0. The van der Waals surface area contributed by atoms with Gasteiger partial charge in [-0.3, -0.25) is 9.69 Å². The van der Waals surface area contributed by atoms with E-state index in [0.717, 1.165) is 22.7 Å². The van der Waals surface area contributed by atoms with E-state index in [2.05, 4.69) is 5.32 Å². The number of para-hydroxylation sites is 1. The lowest BCUT2D eigenvalue weighted by molar-refractivity contribution is -0.117. The fourth-order valence-electron chi connectivity index (χ4n) is 3.72. The van der Waals surface area contributed by atoms with Gasteiger partial charge in [-0.05, 0) is 42.0 Å². The molecule has 1 atom stereocenters. The average molecular weight is 415 g/mol. The smallest absolute Gasteiger partial charge is 0.322 e. The summed E-state index contributed by atoms with van der Waals surface area (Å²) in [4.78, 5) is 29.2. The number of hydrogen-bond acceptors (Lipinski definition) is 3. The number of carbonyl (C=O) groups is 2. The normalized spacial score (nSPS) is 15.6. The molecule has 1 heterocycles. The molecule has 3 aromatic carbocycles. The van der Waals surface area contributed by atoms with Crippen LogP contribution in [0.4, 0.5) is 16.2 Å². The Morgan fingerprint density at radius 3 is 2.29 bits per heavy atom. The maximum atomic E-state index is 13.2. The van der Waals surface area contributed by atoms with Crippen molar-refractivity contribution in [2.45, 2.75) is 19.0 Å². The van der Waals surface area contributed by atoms with Crippen LogP contribution in [-0.4, -0.2) is 31.6 Å². The molecule has 0 unspecified atom stereocenters. The minimum absolute atomic E-state index is 0.00946. The summed E-state index contributed by atoms with van der Waals surface area (Å²) in [6.45, 7) is 0.879. The van der Waals surface area contributed by atoms with Crippen LogP contribution in [0.5, 0.6) is 5.75 Å². The van der Waals surface area contributed by atoms with Crippen LogP contribution >= 0.6 is 0 Å². The average Bonchev–Trinajstić information content (AvgIpc) is 3.18. The largest absolute Gasteiger partial charge is 0.497 e. The zero-order chi connectivity index (χ0) is 21.6. The van der Waals surface area contributed by atoms with E-state index in [1.165, 1.54) is 0 Å². The summed E-state index contributed by atoms with van der Waals surface area (Å²) in [6, 6.07) is 26.3.